The Labute approximate surface area is 165 Å². The Morgan fingerprint density at radius 1 is 0.929 bits per heavy atom. The minimum atomic E-state index is -0.563. The van der Waals surface area contributed by atoms with Gasteiger partial charge in [-0.05, 0) is 36.5 Å². The highest BCUT2D eigenvalue weighted by Gasteiger charge is 2.37. The van der Waals surface area contributed by atoms with Gasteiger partial charge in [0.15, 0.2) is 0 Å². The molecule has 6 nitrogen and oxygen atoms in total. The summed E-state index contributed by atoms with van der Waals surface area (Å²) in [5.41, 5.74) is 8.72. The Hall–Kier alpha value is -2.70. The van der Waals surface area contributed by atoms with Gasteiger partial charge in [0.05, 0.1) is 0 Å². The molecule has 3 N–H and O–H groups in total. The van der Waals surface area contributed by atoms with E-state index in [1.807, 2.05) is 24.3 Å². The van der Waals surface area contributed by atoms with E-state index in [9.17, 15) is 9.59 Å². The van der Waals surface area contributed by atoms with Crippen molar-refractivity contribution < 1.29 is 9.59 Å². The standard InChI is InChI=1S/C22H26N4O2/c27-21(24-18-9-5-2-6-10-18)22(28)26-13-11-17(12-14-26)20-19(15-23-25-20)16-7-3-1-4-8-16/h1-10,17,19-20,23,25H,11-15H2,(H,24,27). The predicted molar refractivity (Wildman–Crippen MR) is 108 cm³/mol. The molecule has 2 heterocycles. The van der Waals surface area contributed by atoms with Gasteiger partial charge in [-0.1, -0.05) is 48.5 Å². The number of piperidine rings is 1. The molecule has 2 aromatic rings. The van der Waals surface area contributed by atoms with Crippen LogP contribution in [-0.2, 0) is 9.59 Å². The Kier molecular flexibility index (Phi) is 5.69. The smallest absolute Gasteiger partial charge is 0.313 e. The molecule has 2 unspecified atom stereocenters. The van der Waals surface area contributed by atoms with Gasteiger partial charge in [0.2, 0.25) is 0 Å². The van der Waals surface area contributed by atoms with Gasteiger partial charge in [-0.2, -0.15) is 0 Å². The third-order valence-corrected chi connectivity index (χ3v) is 5.81. The fourth-order valence-corrected chi connectivity index (χ4v) is 4.30. The number of likely N-dealkylation sites (tertiary alicyclic amines) is 1. The number of anilines is 1. The molecule has 28 heavy (non-hydrogen) atoms. The average Bonchev–Trinajstić information content (AvgIpc) is 3.24. The van der Waals surface area contributed by atoms with Crippen molar-refractivity contribution in [3.8, 4) is 0 Å². The summed E-state index contributed by atoms with van der Waals surface area (Å²) < 4.78 is 0. The molecular formula is C22H26N4O2. The molecule has 2 aliphatic rings. The van der Waals surface area contributed by atoms with E-state index in [4.69, 9.17) is 0 Å². The van der Waals surface area contributed by atoms with Gasteiger partial charge in [0, 0.05) is 37.3 Å². The number of para-hydroxylation sites is 1. The van der Waals surface area contributed by atoms with Gasteiger partial charge in [0.25, 0.3) is 0 Å². The molecule has 0 bridgehead atoms. The monoisotopic (exact) mass is 378 g/mol. The number of hydrogen-bond donors (Lipinski definition) is 3. The Balaban J connectivity index is 1.33. The van der Waals surface area contributed by atoms with Gasteiger partial charge in [-0.3, -0.25) is 20.4 Å². The van der Waals surface area contributed by atoms with E-state index in [1.54, 1.807) is 17.0 Å². The van der Waals surface area contributed by atoms with Crippen molar-refractivity contribution >= 4 is 17.5 Å². The van der Waals surface area contributed by atoms with Crippen LogP contribution in [-0.4, -0.2) is 42.4 Å². The second-order valence-electron chi connectivity index (χ2n) is 7.52. The maximum Gasteiger partial charge on any atom is 0.313 e. The zero-order valence-corrected chi connectivity index (χ0v) is 15.8. The predicted octanol–water partition coefficient (Wildman–Crippen LogP) is 2.12. The maximum atomic E-state index is 12.5. The normalized spacial score (nSPS) is 22.8. The van der Waals surface area contributed by atoms with E-state index in [1.165, 1.54) is 5.56 Å². The van der Waals surface area contributed by atoms with Crippen molar-refractivity contribution in [1.29, 1.82) is 0 Å². The molecule has 0 aliphatic carbocycles. The van der Waals surface area contributed by atoms with Crippen LogP contribution < -0.4 is 16.2 Å². The minimum absolute atomic E-state index is 0.345. The number of hydrogen-bond acceptors (Lipinski definition) is 4. The van der Waals surface area contributed by atoms with E-state index in [2.05, 4.69) is 40.4 Å². The van der Waals surface area contributed by atoms with Crippen molar-refractivity contribution in [2.75, 3.05) is 25.0 Å². The molecule has 0 spiro atoms. The number of nitrogens with zero attached hydrogens (tertiary/aromatic N) is 1. The van der Waals surface area contributed by atoms with Crippen LogP contribution in [0.4, 0.5) is 5.69 Å². The van der Waals surface area contributed by atoms with Gasteiger partial charge >= 0.3 is 11.8 Å². The summed E-state index contributed by atoms with van der Waals surface area (Å²) in [5, 5.41) is 2.68. The Bertz CT molecular complexity index is 804. The number of nitrogens with one attached hydrogen (secondary N) is 3. The maximum absolute atomic E-state index is 12.5. The van der Waals surface area contributed by atoms with E-state index >= 15 is 0 Å². The third kappa shape index (κ3) is 4.08. The quantitative estimate of drug-likeness (QED) is 0.716. The van der Waals surface area contributed by atoms with Crippen LogP contribution >= 0.6 is 0 Å². The fraction of sp³-hybridized carbons (Fsp3) is 0.364. The van der Waals surface area contributed by atoms with Gasteiger partial charge in [-0.15, -0.1) is 0 Å². The summed E-state index contributed by atoms with van der Waals surface area (Å²) in [6, 6.07) is 20.0. The fourth-order valence-electron chi connectivity index (χ4n) is 4.30. The summed E-state index contributed by atoms with van der Waals surface area (Å²) in [4.78, 5) is 26.4. The SMILES string of the molecule is O=C(Nc1ccccc1)C(=O)N1CCC(C2NNCC2c2ccccc2)CC1. The van der Waals surface area contributed by atoms with E-state index in [0.29, 0.717) is 36.7 Å². The van der Waals surface area contributed by atoms with Crippen LogP contribution in [0.15, 0.2) is 60.7 Å². The Morgan fingerprint density at radius 3 is 2.25 bits per heavy atom. The zero-order chi connectivity index (χ0) is 19.3. The lowest BCUT2D eigenvalue weighted by atomic mass is 9.80. The van der Waals surface area contributed by atoms with Crippen LogP contribution in [0.2, 0.25) is 0 Å². The highest BCUT2D eigenvalue weighted by molar-refractivity contribution is 6.39. The van der Waals surface area contributed by atoms with E-state index in [-0.39, 0.29) is 0 Å². The third-order valence-electron chi connectivity index (χ3n) is 5.81. The number of hydrazine groups is 1. The molecule has 2 amide bonds. The largest absolute Gasteiger partial charge is 0.334 e. The molecule has 4 rings (SSSR count). The summed E-state index contributed by atoms with van der Waals surface area (Å²) in [5.74, 6) is -0.108. The average molecular weight is 378 g/mol. The van der Waals surface area contributed by atoms with Crippen LogP contribution in [0.3, 0.4) is 0 Å². The molecule has 6 heteroatoms. The molecule has 2 aromatic carbocycles. The van der Waals surface area contributed by atoms with Crippen LogP contribution in [0.25, 0.3) is 0 Å². The molecule has 0 radical (unpaired) electrons. The highest BCUT2D eigenvalue weighted by Crippen LogP contribution is 2.32. The van der Waals surface area contributed by atoms with Gasteiger partial charge in [-0.25, -0.2) is 0 Å². The molecule has 146 valence electrons. The lowest BCUT2D eigenvalue weighted by molar-refractivity contribution is -0.144. The number of rotatable bonds is 3. The summed E-state index contributed by atoms with van der Waals surface area (Å²) in [7, 11) is 0. The molecule has 2 saturated heterocycles. The minimum Gasteiger partial charge on any atom is -0.334 e. The first-order valence-corrected chi connectivity index (χ1v) is 9.91. The molecule has 0 aromatic heterocycles. The van der Waals surface area contributed by atoms with Crippen molar-refractivity contribution in [1.82, 2.24) is 15.8 Å². The first kappa shape index (κ1) is 18.7. The van der Waals surface area contributed by atoms with Crippen LogP contribution in [0.5, 0.6) is 0 Å². The molecule has 2 atom stereocenters. The number of benzene rings is 2. The summed E-state index contributed by atoms with van der Waals surface area (Å²) >= 11 is 0. The van der Waals surface area contributed by atoms with E-state index in [0.717, 1.165) is 19.4 Å². The molecule has 2 aliphatic heterocycles. The topological polar surface area (TPSA) is 73.5 Å². The first-order valence-electron chi connectivity index (χ1n) is 9.91. The Morgan fingerprint density at radius 2 is 1.57 bits per heavy atom. The van der Waals surface area contributed by atoms with Gasteiger partial charge in [0.1, 0.15) is 0 Å². The second-order valence-corrected chi connectivity index (χ2v) is 7.52. The first-order chi connectivity index (χ1) is 13.7. The lowest BCUT2D eigenvalue weighted by Crippen LogP contribution is -2.48. The van der Waals surface area contributed by atoms with Crippen molar-refractivity contribution in [2.24, 2.45) is 5.92 Å². The van der Waals surface area contributed by atoms with Crippen LogP contribution in [0, 0.1) is 5.92 Å². The number of amides is 2. The summed E-state index contributed by atoms with van der Waals surface area (Å²) in [6.07, 6.45) is 1.79. The summed E-state index contributed by atoms with van der Waals surface area (Å²) in [6.45, 7) is 2.14. The molecular weight excluding hydrogens is 352 g/mol. The highest BCUT2D eigenvalue weighted by atomic mass is 16.2. The zero-order valence-electron chi connectivity index (χ0n) is 15.8. The molecule has 0 saturated carbocycles. The van der Waals surface area contributed by atoms with Crippen molar-refractivity contribution in [3.05, 3.63) is 66.2 Å². The number of carbonyl (C=O) groups is 2. The second kappa shape index (κ2) is 8.54. The molecule has 2 fully saturated rings. The van der Waals surface area contributed by atoms with Gasteiger partial charge < -0.3 is 10.2 Å². The lowest BCUT2D eigenvalue weighted by Gasteiger charge is -2.36. The number of carbonyl (C=O) groups excluding carboxylic acids is 2. The van der Waals surface area contributed by atoms with Crippen molar-refractivity contribution in [3.63, 3.8) is 0 Å². The van der Waals surface area contributed by atoms with Crippen LogP contribution in [0.1, 0.15) is 24.3 Å². The van der Waals surface area contributed by atoms with E-state index < -0.39 is 11.8 Å². The van der Waals surface area contributed by atoms with Crippen molar-refractivity contribution in [2.45, 2.75) is 24.8 Å².